The summed E-state index contributed by atoms with van der Waals surface area (Å²) in [7, 11) is 0. The van der Waals surface area contributed by atoms with E-state index in [0.717, 1.165) is 89.9 Å². The van der Waals surface area contributed by atoms with E-state index in [2.05, 4.69) is 104 Å². The van der Waals surface area contributed by atoms with Crippen LogP contribution in [-0.2, 0) is 33.2 Å². The first-order valence-electron chi connectivity index (χ1n) is 31.5. The molecule has 0 aromatic carbocycles. The van der Waals surface area contributed by atoms with E-state index >= 15 is 0 Å². The number of hydrogen-bond acceptors (Lipinski definition) is 18. The lowest BCUT2D eigenvalue weighted by Crippen LogP contribution is -2.66. The molecule has 0 bridgehead atoms. The molecule has 17 unspecified atom stereocenters. The number of unbranched alkanes of at least 4 members (excludes halogenated alkanes) is 15. The van der Waals surface area contributed by atoms with Gasteiger partial charge in [-0.2, -0.15) is 0 Å². The second-order valence-electron chi connectivity index (χ2n) is 22.1. The van der Waals surface area contributed by atoms with E-state index in [4.69, 9.17) is 28.4 Å². The van der Waals surface area contributed by atoms with E-state index in [-0.39, 0.29) is 18.9 Å². The van der Waals surface area contributed by atoms with Gasteiger partial charge in [-0.05, 0) is 83.5 Å². The average molecular weight is 1190 g/mol. The van der Waals surface area contributed by atoms with E-state index in [0.29, 0.717) is 12.8 Å². The number of aliphatic hydroxyl groups excluding tert-OH is 11. The van der Waals surface area contributed by atoms with Crippen molar-refractivity contribution in [1.82, 2.24) is 5.32 Å². The van der Waals surface area contributed by atoms with Crippen LogP contribution in [0.1, 0.15) is 174 Å². The Hall–Kier alpha value is -3.29. The Morgan fingerprint density at radius 1 is 0.429 bits per heavy atom. The number of hydrogen-bond donors (Lipinski definition) is 12. The first-order valence-corrected chi connectivity index (χ1v) is 31.5. The summed E-state index contributed by atoms with van der Waals surface area (Å²) in [5, 5.41) is 120. The fourth-order valence-electron chi connectivity index (χ4n) is 10.0. The van der Waals surface area contributed by atoms with Gasteiger partial charge in [0, 0.05) is 6.42 Å². The first kappa shape index (κ1) is 75.0. The van der Waals surface area contributed by atoms with Crippen molar-refractivity contribution in [3.05, 3.63) is 97.2 Å². The van der Waals surface area contributed by atoms with Gasteiger partial charge < -0.3 is 89.9 Å². The molecule has 84 heavy (non-hydrogen) atoms. The molecule has 0 saturated carbocycles. The van der Waals surface area contributed by atoms with Gasteiger partial charge in [0.05, 0.1) is 38.6 Å². The lowest BCUT2D eigenvalue weighted by molar-refractivity contribution is -0.379. The van der Waals surface area contributed by atoms with Crippen LogP contribution >= 0.6 is 0 Å². The molecule has 19 nitrogen and oxygen atoms in total. The van der Waals surface area contributed by atoms with Crippen molar-refractivity contribution in [3.8, 4) is 0 Å². The molecule has 3 saturated heterocycles. The number of rotatable bonds is 45. The minimum Gasteiger partial charge on any atom is -0.394 e. The lowest BCUT2D eigenvalue weighted by Gasteiger charge is -2.48. The fraction of sp³-hybridized carbons (Fsp3) is 0.738. The Bertz CT molecular complexity index is 1910. The maximum Gasteiger partial charge on any atom is 0.220 e. The number of carbonyl (C=O) groups excluding carboxylic acids is 1. The van der Waals surface area contributed by atoms with Gasteiger partial charge in [-0.1, -0.05) is 182 Å². The summed E-state index contributed by atoms with van der Waals surface area (Å²) >= 11 is 0. The highest BCUT2D eigenvalue weighted by Crippen LogP contribution is 2.33. The zero-order valence-electron chi connectivity index (χ0n) is 50.3. The van der Waals surface area contributed by atoms with Gasteiger partial charge in [0.15, 0.2) is 18.9 Å². The third-order valence-corrected chi connectivity index (χ3v) is 15.1. The summed E-state index contributed by atoms with van der Waals surface area (Å²) < 4.78 is 34.2. The molecular formula is C65H109NO18. The molecule has 3 aliphatic heterocycles. The topological polar surface area (TPSA) is 307 Å². The molecule has 0 radical (unpaired) electrons. The molecule has 12 N–H and O–H groups in total. The number of nitrogens with one attached hydrogen (secondary N) is 1. The van der Waals surface area contributed by atoms with Crippen molar-refractivity contribution < 1.29 is 89.4 Å². The minimum absolute atomic E-state index is 0.224. The van der Waals surface area contributed by atoms with Crippen molar-refractivity contribution in [3.63, 3.8) is 0 Å². The lowest BCUT2D eigenvalue weighted by atomic mass is 9.96. The molecule has 3 rings (SSSR count). The standard InChI is InChI=1S/C65H109NO18/c1-3-5-7-9-11-13-15-16-17-18-19-20-21-22-23-24-25-26-27-28-29-30-31-32-33-35-37-39-41-43-53(71)66-48(49(70)42-40-38-36-34-14-12-10-8-6-4-2)47-79-63-59(77)56(74)61(51(45-68)81-63)84-65-60(78)57(75)62(52(46-69)82-65)83-64-58(76)55(73)54(72)50(44-67)80-64/h5-8,11,13-14,16-17,19-20,22-23,34,40,42,48-52,54-65,67-70,72-78H,3-4,9-10,12,15,18,21,24-33,35-39,41,43-47H2,1-2H3,(H,66,71)/b7-5-,8-6+,13-11-,17-16-,20-19-,23-22-,34-14+,42-40+. The Balaban J connectivity index is 1.40. The summed E-state index contributed by atoms with van der Waals surface area (Å²) in [5.74, 6) is -0.299. The molecule has 19 heteroatoms. The van der Waals surface area contributed by atoms with Crippen molar-refractivity contribution >= 4 is 5.91 Å². The predicted molar refractivity (Wildman–Crippen MR) is 323 cm³/mol. The van der Waals surface area contributed by atoms with E-state index in [1.807, 2.05) is 6.08 Å². The van der Waals surface area contributed by atoms with Crippen LogP contribution in [0, 0.1) is 0 Å². The second kappa shape index (κ2) is 46.8. The Labute approximate surface area is 501 Å². The molecule has 482 valence electrons. The fourth-order valence-corrected chi connectivity index (χ4v) is 10.0. The summed E-state index contributed by atoms with van der Waals surface area (Å²) in [5.41, 5.74) is 0. The predicted octanol–water partition coefficient (Wildman–Crippen LogP) is 6.54. The van der Waals surface area contributed by atoms with Gasteiger partial charge in [-0.25, -0.2) is 0 Å². The molecule has 0 aliphatic carbocycles. The molecular weight excluding hydrogens is 1080 g/mol. The zero-order chi connectivity index (χ0) is 61.2. The Morgan fingerprint density at radius 2 is 0.798 bits per heavy atom. The van der Waals surface area contributed by atoms with Crippen molar-refractivity contribution in [2.24, 2.45) is 0 Å². The largest absolute Gasteiger partial charge is 0.394 e. The van der Waals surface area contributed by atoms with Gasteiger partial charge in [0.1, 0.15) is 73.2 Å². The molecule has 1 amide bonds. The van der Waals surface area contributed by atoms with Gasteiger partial charge in [0.2, 0.25) is 5.91 Å². The van der Waals surface area contributed by atoms with Crippen molar-refractivity contribution in [1.29, 1.82) is 0 Å². The monoisotopic (exact) mass is 1190 g/mol. The highest BCUT2D eigenvalue weighted by atomic mass is 16.8. The van der Waals surface area contributed by atoms with E-state index < -0.39 is 124 Å². The van der Waals surface area contributed by atoms with Gasteiger partial charge in [-0.15, -0.1) is 0 Å². The molecule has 17 atom stereocenters. The smallest absolute Gasteiger partial charge is 0.220 e. The second-order valence-corrected chi connectivity index (χ2v) is 22.1. The molecule has 0 aromatic rings. The van der Waals surface area contributed by atoms with Gasteiger partial charge in [0.25, 0.3) is 0 Å². The van der Waals surface area contributed by atoms with E-state index in [1.54, 1.807) is 6.08 Å². The normalized spacial score (nSPS) is 29.8. The van der Waals surface area contributed by atoms with Crippen LogP contribution in [0.4, 0.5) is 0 Å². The highest BCUT2D eigenvalue weighted by molar-refractivity contribution is 5.76. The summed E-state index contributed by atoms with van der Waals surface area (Å²) in [6.45, 7) is 1.42. The SMILES string of the molecule is CC/C=C\C/C=C\C/C=C\C/C=C\C/C=C\CCCCCCCCCCCCCCCC(=O)NC(COC1OC(CO)C(OC2OC(CO)C(OC3OC(CO)C(O)C(O)C3O)C(O)C2O)C(O)C1O)C(O)/C=C/CC/C=C/CC/C=C/CC. The highest BCUT2D eigenvalue weighted by Gasteiger charge is 2.53. The molecule has 3 aliphatic rings. The van der Waals surface area contributed by atoms with Crippen LogP contribution in [0.3, 0.4) is 0 Å². The van der Waals surface area contributed by atoms with Crippen LogP contribution in [0.5, 0.6) is 0 Å². The summed E-state index contributed by atoms with van der Waals surface area (Å²) in [6.07, 6.45) is 32.8. The van der Waals surface area contributed by atoms with Crippen molar-refractivity contribution in [2.45, 2.75) is 279 Å². The van der Waals surface area contributed by atoms with Crippen LogP contribution in [0.2, 0.25) is 0 Å². The van der Waals surface area contributed by atoms with E-state index in [9.17, 15) is 61.0 Å². The third kappa shape index (κ3) is 29.6. The first-order chi connectivity index (χ1) is 40.8. The molecule has 3 fully saturated rings. The van der Waals surface area contributed by atoms with Crippen LogP contribution in [0.15, 0.2) is 97.2 Å². The molecule has 3 heterocycles. The average Bonchev–Trinajstić information content (AvgIpc) is 2.80. The quantitative estimate of drug-likeness (QED) is 0.0228. The maximum atomic E-state index is 13.3. The van der Waals surface area contributed by atoms with Crippen LogP contribution in [0.25, 0.3) is 0 Å². The number of allylic oxidation sites excluding steroid dienone is 15. The van der Waals surface area contributed by atoms with Crippen molar-refractivity contribution in [2.75, 3.05) is 26.4 Å². The summed E-state index contributed by atoms with van der Waals surface area (Å²) in [6, 6.07) is -1.00. The van der Waals surface area contributed by atoms with Gasteiger partial charge in [-0.3, -0.25) is 4.79 Å². The number of amides is 1. The maximum absolute atomic E-state index is 13.3. The van der Waals surface area contributed by atoms with Crippen LogP contribution in [-0.4, -0.2) is 193 Å². The van der Waals surface area contributed by atoms with Crippen LogP contribution < -0.4 is 5.32 Å². The number of aliphatic hydroxyl groups is 11. The molecule has 0 spiro atoms. The Kier molecular flexibility index (Phi) is 41.8. The number of carbonyl (C=O) groups is 1. The third-order valence-electron chi connectivity index (χ3n) is 15.1. The Morgan fingerprint density at radius 3 is 1.29 bits per heavy atom. The van der Waals surface area contributed by atoms with E-state index in [1.165, 1.54) is 51.4 Å². The zero-order valence-corrected chi connectivity index (χ0v) is 50.3. The minimum atomic E-state index is -1.98. The number of ether oxygens (including phenoxy) is 6. The molecule has 0 aromatic heterocycles. The summed E-state index contributed by atoms with van der Waals surface area (Å²) in [4.78, 5) is 13.3. The van der Waals surface area contributed by atoms with Gasteiger partial charge >= 0.3 is 0 Å².